The van der Waals surface area contributed by atoms with Crippen molar-refractivity contribution in [1.29, 1.82) is 0 Å². The Labute approximate surface area is 95.7 Å². The van der Waals surface area contributed by atoms with Gasteiger partial charge >= 0.3 is 0 Å². The molecular formula is C12H18N4. The van der Waals surface area contributed by atoms with Crippen molar-refractivity contribution in [2.24, 2.45) is 12.8 Å². The van der Waals surface area contributed by atoms with Crippen LogP contribution in [0, 0.1) is 0 Å². The summed E-state index contributed by atoms with van der Waals surface area (Å²) in [5.41, 5.74) is 8.38. The summed E-state index contributed by atoms with van der Waals surface area (Å²) < 4.78 is 3.96. The number of nitrogens with two attached hydrogens (primary N) is 1. The molecule has 1 atom stereocenters. The summed E-state index contributed by atoms with van der Waals surface area (Å²) in [7, 11) is 1.93. The summed E-state index contributed by atoms with van der Waals surface area (Å²) in [5, 5.41) is 4.15. The van der Waals surface area contributed by atoms with Crippen LogP contribution in [0.25, 0.3) is 0 Å². The molecule has 86 valence electrons. The van der Waals surface area contributed by atoms with E-state index in [9.17, 15) is 0 Å². The predicted molar refractivity (Wildman–Crippen MR) is 64.0 cm³/mol. The largest absolute Gasteiger partial charge is 0.349 e. The van der Waals surface area contributed by atoms with Crippen molar-refractivity contribution in [2.45, 2.75) is 25.9 Å². The van der Waals surface area contributed by atoms with Gasteiger partial charge < -0.3 is 10.3 Å². The molecule has 0 saturated carbocycles. The Morgan fingerprint density at radius 1 is 1.44 bits per heavy atom. The third kappa shape index (κ3) is 2.33. The van der Waals surface area contributed by atoms with E-state index in [1.165, 1.54) is 11.1 Å². The van der Waals surface area contributed by atoms with E-state index in [1.54, 1.807) is 0 Å². The summed E-state index contributed by atoms with van der Waals surface area (Å²) in [5.74, 6) is 0. The molecule has 0 aliphatic rings. The molecule has 0 aromatic carbocycles. The summed E-state index contributed by atoms with van der Waals surface area (Å²) in [6.45, 7) is 2.95. The van der Waals surface area contributed by atoms with E-state index in [0.717, 1.165) is 13.0 Å². The Morgan fingerprint density at radius 2 is 2.25 bits per heavy atom. The molecule has 0 aliphatic heterocycles. The van der Waals surface area contributed by atoms with Gasteiger partial charge in [-0.3, -0.25) is 4.68 Å². The maximum atomic E-state index is 5.98. The normalized spacial score (nSPS) is 12.9. The third-order valence-corrected chi connectivity index (χ3v) is 2.76. The van der Waals surface area contributed by atoms with E-state index in [4.69, 9.17) is 5.73 Å². The second-order valence-corrected chi connectivity index (χ2v) is 4.15. The van der Waals surface area contributed by atoms with Crippen LogP contribution in [0.2, 0.25) is 0 Å². The minimum absolute atomic E-state index is 0.148. The van der Waals surface area contributed by atoms with Crippen LogP contribution in [0.5, 0.6) is 0 Å². The quantitative estimate of drug-likeness (QED) is 0.848. The summed E-state index contributed by atoms with van der Waals surface area (Å²) in [4.78, 5) is 0. The summed E-state index contributed by atoms with van der Waals surface area (Å²) in [6, 6.07) is 2.24. The zero-order valence-electron chi connectivity index (χ0n) is 9.80. The molecule has 0 amide bonds. The van der Waals surface area contributed by atoms with Crippen molar-refractivity contribution in [2.75, 3.05) is 0 Å². The molecule has 4 nitrogen and oxygen atoms in total. The number of aromatic nitrogens is 3. The molecule has 1 unspecified atom stereocenters. The summed E-state index contributed by atoms with van der Waals surface area (Å²) >= 11 is 0. The van der Waals surface area contributed by atoms with Crippen LogP contribution < -0.4 is 5.73 Å². The molecule has 4 heteroatoms. The second-order valence-electron chi connectivity index (χ2n) is 4.15. The van der Waals surface area contributed by atoms with Gasteiger partial charge in [-0.05, 0) is 18.1 Å². The first kappa shape index (κ1) is 11.0. The molecular weight excluding hydrogens is 200 g/mol. The molecule has 2 rings (SSSR count). The van der Waals surface area contributed by atoms with Crippen LogP contribution in [-0.4, -0.2) is 14.3 Å². The highest BCUT2D eigenvalue weighted by Gasteiger charge is 2.05. The lowest BCUT2D eigenvalue weighted by atomic mass is 10.1. The van der Waals surface area contributed by atoms with Crippen LogP contribution in [0.15, 0.2) is 30.9 Å². The highest BCUT2D eigenvalue weighted by atomic mass is 15.2. The van der Waals surface area contributed by atoms with Gasteiger partial charge in [-0.2, -0.15) is 5.10 Å². The third-order valence-electron chi connectivity index (χ3n) is 2.76. The van der Waals surface area contributed by atoms with Gasteiger partial charge in [-0.25, -0.2) is 0 Å². The Morgan fingerprint density at radius 3 is 2.88 bits per heavy atom. The maximum Gasteiger partial charge on any atom is 0.0539 e. The van der Waals surface area contributed by atoms with Crippen LogP contribution in [0.3, 0.4) is 0 Å². The van der Waals surface area contributed by atoms with Crippen molar-refractivity contribution in [1.82, 2.24) is 14.3 Å². The Balaban J connectivity index is 2.08. The fraction of sp³-hybridized carbons (Fsp3) is 0.417. The first-order valence-corrected chi connectivity index (χ1v) is 5.58. The Hall–Kier alpha value is -1.55. The van der Waals surface area contributed by atoms with E-state index in [1.807, 2.05) is 24.1 Å². The first-order chi connectivity index (χ1) is 7.69. The van der Waals surface area contributed by atoms with E-state index in [2.05, 4.69) is 35.0 Å². The fourth-order valence-electron chi connectivity index (χ4n) is 1.78. The first-order valence-electron chi connectivity index (χ1n) is 5.58. The van der Waals surface area contributed by atoms with Gasteiger partial charge in [0.25, 0.3) is 0 Å². The molecule has 0 fully saturated rings. The number of aryl methyl sites for hydroxylation is 1. The number of hydrogen-bond acceptors (Lipinski definition) is 2. The van der Waals surface area contributed by atoms with Crippen molar-refractivity contribution < 1.29 is 0 Å². The van der Waals surface area contributed by atoms with Gasteiger partial charge in [0.2, 0.25) is 0 Å². The maximum absolute atomic E-state index is 5.98. The van der Waals surface area contributed by atoms with Crippen LogP contribution in [0.4, 0.5) is 0 Å². The van der Waals surface area contributed by atoms with Crippen molar-refractivity contribution >= 4 is 0 Å². The predicted octanol–water partition coefficient (Wildman–Crippen LogP) is 1.68. The molecule has 2 heterocycles. The molecule has 0 spiro atoms. The fourth-order valence-corrected chi connectivity index (χ4v) is 1.78. The van der Waals surface area contributed by atoms with Crippen LogP contribution >= 0.6 is 0 Å². The highest BCUT2D eigenvalue weighted by Crippen LogP contribution is 2.14. The SMILES string of the molecule is CCC(N)c1ccn(Cc2cnn(C)c2)c1. The van der Waals surface area contributed by atoms with Gasteiger partial charge in [0.15, 0.2) is 0 Å². The zero-order valence-corrected chi connectivity index (χ0v) is 9.80. The minimum Gasteiger partial charge on any atom is -0.349 e. The molecule has 2 aromatic heterocycles. The van der Waals surface area contributed by atoms with Gasteiger partial charge in [-0.15, -0.1) is 0 Å². The van der Waals surface area contributed by atoms with E-state index in [-0.39, 0.29) is 6.04 Å². The lowest BCUT2D eigenvalue weighted by molar-refractivity contribution is 0.692. The van der Waals surface area contributed by atoms with Gasteiger partial charge in [-0.1, -0.05) is 6.92 Å². The van der Waals surface area contributed by atoms with Crippen LogP contribution in [0.1, 0.15) is 30.5 Å². The average Bonchev–Trinajstić information content (AvgIpc) is 2.87. The molecule has 16 heavy (non-hydrogen) atoms. The van der Waals surface area contributed by atoms with Gasteiger partial charge in [0, 0.05) is 37.2 Å². The molecule has 0 bridgehead atoms. The second kappa shape index (κ2) is 4.53. The van der Waals surface area contributed by atoms with Crippen molar-refractivity contribution in [3.05, 3.63) is 42.0 Å². The smallest absolute Gasteiger partial charge is 0.0539 e. The minimum atomic E-state index is 0.148. The van der Waals surface area contributed by atoms with Crippen LogP contribution in [-0.2, 0) is 13.6 Å². The van der Waals surface area contributed by atoms with Gasteiger partial charge in [0.1, 0.15) is 0 Å². The average molecular weight is 218 g/mol. The van der Waals surface area contributed by atoms with Crippen molar-refractivity contribution in [3.63, 3.8) is 0 Å². The lowest BCUT2D eigenvalue weighted by Gasteiger charge is -2.05. The highest BCUT2D eigenvalue weighted by molar-refractivity contribution is 5.16. The lowest BCUT2D eigenvalue weighted by Crippen LogP contribution is -2.07. The Bertz CT molecular complexity index is 455. The zero-order chi connectivity index (χ0) is 11.5. The monoisotopic (exact) mass is 218 g/mol. The number of hydrogen-bond donors (Lipinski definition) is 1. The topological polar surface area (TPSA) is 48.8 Å². The van der Waals surface area contributed by atoms with E-state index >= 15 is 0 Å². The van der Waals surface area contributed by atoms with E-state index in [0.29, 0.717) is 0 Å². The molecule has 0 aliphatic carbocycles. The Kier molecular flexibility index (Phi) is 3.10. The van der Waals surface area contributed by atoms with Gasteiger partial charge in [0.05, 0.1) is 12.7 Å². The molecule has 0 radical (unpaired) electrons. The van der Waals surface area contributed by atoms with E-state index < -0.39 is 0 Å². The molecule has 0 saturated heterocycles. The molecule has 2 aromatic rings. The standard InChI is InChI=1S/C12H18N4/c1-3-12(13)11-4-5-16(9-11)8-10-6-14-15(2)7-10/h4-7,9,12H,3,8,13H2,1-2H3. The summed E-state index contributed by atoms with van der Waals surface area (Å²) in [6.07, 6.45) is 9.06. The number of rotatable bonds is 4. The van der Waals surface area contributed by atoms with Crippen molar-refractivity contribution in [3.8, 4) is 0 Å². The molecule has 2 N–H and O–H groups in total. The number of nitrogens with zero attached hydrogens (tertiary/aromatic N) is 3.